The van der Waals surface area contributed by atoms with Gasteiger partial charge in [0.1, 0.15) is 5.60 Å². The number of hydrogen-bond donors (Lipinski definition) is 2. The maximum absolute atomic E-state index is 11.4. The predicted octanol–water partition coefficient (Wildman–Crippen LogP) is 2.20. The molecule has 1 aliphatic carbocycles. The topological polar surface area (TPSA) is 58.6 Å². The fourth-order valence-corrected chi connectivity index (χ4v) is 1.92. The van der Waals surface area contributed by atoms with E-state index >= 15 is 0 Å². The molecule has 1 unspecified atom stereocenters. The third-order valence-corrected chi connectivity index (χ3v) is 2.73. The van der Waals surface area contributed by atoms with E-state index in [-0.39, 0.29) is 6.04 Å². The van der Waals surface area contributed by atoms with Crippen molar-refractivity contribution >= 4 is 6.09 Å². The fraction of sp³-hybridized carbons (Fsp3) is 0.917. The number of carbonyl (C=O) groups is 1. The smallest absolute Gasteiger partial charge is 0.407 e. The van der Waals surface area contributed by atoms with Crippen molar-refractivity contribution in [2.45, 2.75) is 70.6 Å². The minimum absolute atomic E-state index is 0.0554. The summed E-state index contributed by atoms with van der Waals surface area (Å²) in [6, 6.07) is -0.0554. The van der Waals surface area contributed by atoms with E-state index < -0.39 is 17.3 Å². The first-order valence-corrected chi connectivity index (χ1v) is 5.92. The second-order valence-electron chi connectivity index (χ2n) is 5.83. The Hall–Kier alpha value is -0.770. The molecule has 1 rings (SSSR count). The molecule has 1 saturated carbocycles. The van der Waals surface area contributed by atoms with Crippen molar-refractivity contribution in [2.24, 2.45) is 0 Å². The quantitative estimate of drug-likeness (QED) is 0.780. The SMILES string of the molecule is CC(CC1(O)CCC1)NC(=O)OC(C)(C)C. The summed E-state index contributed by atoms with van der Waals surface area (Å²) in [5, 5.41) is 12.7. The zero-order valence-corrected chi connectivity index (χ0v) is 10.7. The molecule has 1 amide bonds. The van der Waals surface area contributed by atoms with Gasteiger partial charge in [0, 0.05) is 6.04 Å². The van der Waals surface area contributed by atoms with Crippen molar-refractivity contribution in [2.75, 3.05) is 0 Å². The van der Waals surface area contributed by atoms with Gasteiger partial charge in [-0.15, -0.1) is 0 Å². The van der Waals surface area contributed by atoms with Gasteiger partial charge >= 0.3 is 6.09 Å². The lowest BCUT2D eigenvalue weighted by Crippen LogP contribution is -2.45. The molecule has 4 nitrogen and oxygen atoms in total. The highest BCUT2D eigenvalue weighted by Gasteiger charge is 2.36. The summed E-state index contributed by atoms with van der Waals surface area (Å²) in [5.41, 5.74) is -1.04. The van der Waals surface area contributed by atoms with Crippen LogP contribution in [0.2, 0.25) is 0 Å². The summed E-state index contributed by atoms with van der Waals surface area (Å²) >= 11 is 0. The predicted molar refractivity (Wildman–Crippen MR) is 62.2 cm³/mol. The molecule has 0 aromatic carbocycles. The summed E-state index contributed by atoms with van der Waals surface area (Å²) in [7, 11) is 0. The zero-order valence-electron chi connectivity index (χ0n) is 10.7. The van der Waals surface area contributed by atoms with Gasteiger partial charge in [0.2, 0.25) is 0 Å². The maximum atomic E-state index is 11.4. The lowest BCUT2D eigenvalue weighted by Gasteiger charge is -2.38. The molecule has 16 heavy (non-hydrogen) atoms. The third-order valence-electron chi connectivity index (χ3n) is 2.73. The van der Waals surface area contributed by atoms with Crippen LogP contribution in [0.1, 0.15) is 53.4 Å². The molecule has 0 spiro atoms. The molecule has 0 radical (unpaired) electrons. The van der Waals surface area contributed by atoms with E-state index in [4.69, 9.17) is 4.74 Å². The van der Waals surface area contributed by atoms with Crippen LogP contribution < -0.4 is 5.32 Å². The van der Waals surface area contributed by atoms with E-state index in [2.05, 4.69) is 5.32 Å². The normalized spacial score (nSPS) is 20.8. The number of aliphatic hydroxyl groups is 1. The average molecular weight is 229 g/mol. The molecule has 0 saturated heterocycles. The van der Waals surface area contributed by atoms with Crippen LogP contribution in [-0.2, 0) is 4.74 Å². The number of carbonyl (C=O) groups excluding carboxylic acids is 1. The molecular weight excluding hydrogens is 206 g/mol. The van der Waals surface area contributed by atoms with E-state index in [9.17, 15) is 9.90 Å². The Morgan fingerprint density at radius 1 is 1.50 bits per heavy atom. The highest BCUT2D eigenvalue weighted by Crippen LogP contribution is 2.35. The van der Waals surface area contributed by atoms with E-state index in [1.807, 2.05) is 27.7 Å². The molecule has 2 N–H and O–H groups in total. The Bertz CT molecular complexity index is 253. The van der Waals surface area contributed by atoms with Gasteiger partial charge in [-0.2, -0.15) is 0 Å². The molecule has 0 aliphatic heterocycles. The van der Waals surface area contributed by atoms with Gasteiger partial charge in [0.25, 0.3) is 0 Å². The molecule has 0 heterocycles. The minimum atomic E-state index is -0.561. The molecule has 4 heteroatoms. The van der Waals surface area contributed by atoms with Crippen molar-refractivity contribution < 1.29 is 14.6 Å². The van der Waals surface area contributed by atoms with Crippen LogP contribution in [0, 0.1) is 0 Å². The Balaban J connectivity index is 2.28. The number of hydrogen-bond acceptors (Lipinski definition) is 3. The molecule has 0 aromatic heterocycles. The van der Waals surface area contributed by atoms with Crippen LogP contribution in [0.15, 0.2) is 0 Å². The summed E-state index contributed by atoms with van der Waals surface area (Å²) in [5.74, 6) is 0. The standard InChI is InChI=1S/C12H23NO3/c1-9(8-12(15)6-5-7-12)13-10(14)16-11(2,3)4/h9,15H,5-8H2,1-4H3,(H,13,14). The van der Waals surface area contributed by atoms with Gasteiger partial charge < -0.3 is 15.2 Å². The summed E-state index contributed by atoms with van der Waals surface area (Å²) in [6.45, 7) is 7.38. The molecule has 94 valence electrons. The monoisotopic (exact) mass is 229 g/mol. The van der Waals surface area contributed by atoms with E-state index in [0.717, 1.165) is 19.3 Å². The second kappa shape index (κ2) is 4.62. The number of rotatable bonds is 3. The average Bonchev–Trinajstić information content (AvgIpc) is 1.96. The molecule has 1 fully saturated rings. The van der Waals surface area contributed by atoms with Crippen molar-refractivity contribution in [1.29, 1.82) is 0 Å². The second-order valence-corrected chi connectivity index (χ2v) is 5.83. The van der Waals surface area contributed by atoms with Crippen LogP contribution in [0.5, 0.6) is 0 Å². The Morgan fingerprint density at radius 3 is 2.44 bits per heavy atom. The fourth-order valence-electron chi connectivity index (χ4n) is 1.92. The zero-order chi connectivity index (χ0) is 12.4. The Labute approximate surface area is 97.4 Å². The van der Waals surface area contributed by atoms with Gasteiger partial charge in [-0.25, -0.2) is 4.79 Å². The van der Waals surface area contributed by atoms with Gasteiger partial charge in [-0.05, 0) is 53.4 Å². The summed E-state index contributed by atoms with van der Waals surface area (Å²) < 4.78 is 5.14. The summed E-state index contributed by atoms with van der Waals surface area (Å²) in [4.78, 5) is 11.4. The van der Waals surface area contributed by atoms with Crippen molar-refractivity contribution in [3.63, 3.8) is 0 Å². The van der Waals surface area contributed by atoms with Gasteiger partial charge in [0.05, 0.1) is 5.60 Å². The Kier molecular flexibility index (Phi) is 3.84. The first kappa shape index (κ1) is 13.3. The van der Waals surface area contributed by atoms with Crippen molar-refractivity contribution in [3.05, 3.63) is 0 Å². The van der Waals surface area contributed by atoms with Gasteiger partial charge in [-0.3, -0.25) is 0 Å². The lowest BCUT2D eigenvalue weighted by molar-refractivity contribution is -0.0466. The van der Waals surface area contributed by atoms with Crippen LogP contribution in [-0.4, -0.2) is 28.4 Å². The molecule has 0 aromatic rings. The van der Waals surface area contributed by atoms with E-state index in [1.165, 1.54) is 0 Å². The largest absolute Gasteiger partial charge is 0.444 e. The Morgan fingerprint density at radius 2 is 2.06 bits per heavy atom. The highest BCUT2D eigenvalue weighted by atomic mass is 16.6. The first-order valence-electron chi connectivity index (χ1n) is 5.92. The van der Waals surface area contributed by atoms with E-state index in [1.54, 1.807) is 0 Å². The summed E-state index contributed by atoms with van der Waals surface area (Å²) in [6.07, 6.45) is 2.95. The van der Waals surface area contributed by atoms with Crippen LogP contribution in [0.25, 0.3) is 0 Å². The minimum Gasteiger partial charge on any atom is -0.444 e. The number of ether oxygens (including phenoxy) is 1. The molecule has 1 aliphatic rings. The lowest BCUT2D eigenvalue weighted by atomic mass is 9.76. The number of amides is 1. The third kappa shape index (κ3) is 4.39. The molecule has 1 atom stereocenters. The maximum Gasteiger partial charge on any atom is 0.407 e. The van der Waals surface area contributed by atoms with Crippen molar-refractivity contribution in [1.82, 2.24) is 5.32 Å². The van der Waals surface area contributed by atoms with Crippen LogP contribution >= 0.6 is 0 Å². The van der Waals surface area contributed by atoms with Crippen LogP contribution in [0.3, 0.4) is 0 Å². The van der Waals surface area contributed by atoms with Gasteiger partial charge in [-0.1, -0.05) is 0 Å². The molecular formula is C12H23NO3. The van der Waals surface area contributed by atoms with Crippen molar-refractivity contribution in [3.8, 4) is 0 Å². The van der Waals surface area contributed by atoms with Crippen LogP contribution in [0.4, 0.5) is 4.79 Å². The first-order chi connectivity index (χ1) is 7.20. The highest BCUT2D eigenvalue weighted by molar-refractivity contribution is 5.68. The van der Waals surface area contributed by atoms with Gasteiger partial charge in [0.15, 0.2) is 0 Å². The number of nitrogens with one attached hydrogen (secondary N) is 1. The molecule has 0 bridgehead atoms. The van der Waals surface area contributed by atoms with E-state index in [0.29, 0.717) is 6.42 Å². The number of alkyl carbamates (subject to hydrolysis) is 1.